The van der Waals surface area contributed by atoms with E-state index in [1.807, 2.05) is 19.9 Å². The number of likely N-dealkylation sites (tertiary alicyclic amines) is 1. The Bertz CT molecular complexity index is 2960. The van der Waals surface area contributed by atoms with Crippen LogP contribution in [0.5, 0.6) is 11.5 Å². The van der Waals surface area contributed by atoms with E-state index >= 15 is 0 Å². The molecule has 3 aromatic carbocycles. The van der Waals surface area contributed by atoms with Gasteiger partial charge in [-0.2, -0.15) is 4.31 Å². The van der Waals surface area contributed by atoms with E-state index in [0.717, 1.165) is 11.3 Å². The Balaban J connectivity index is 0.845. The standard InChI is InChI=1S/C44H46ClN7O12S2/c1-44(2)19-28(46-27-9-5-7-25(17-27)38-36(45)37(63-22-35(54)55)39(65-38)41(57)58)14-15-51(44)66(61,62)23-24-6-4-8-26(16-24)47-42(59)50-20-30(21-50)64-29-10-11-31-33(18-29)49(3)43(60)52(31)32-12-13-34(53)48-40(32)56/h4-11,16-18,28,30,32,46H,12-15,19-23H2,1-3H3,(H,47,59)(H,54,55)(H,57,58)(H,48,53,56)/t28-,32?/m0/s1. The predicted molar refractivity (Wildman–Crippen MR) is 245 cm³/mol. The molecule has 3 aliphatic rings. The Morgan fingerprint density at radius 2 is 1.71 bits per heavy atom. The van der Waals surface area contributed by atoms with Crippen molar-refractivity contribution in [1.29, 1.82) is 0 Å². The maximum absolute atomic E-state index is 14.0. The number of thiophene rings is 1. The van der Waals surface area contributed by atoms with Crippen LogP contribution in [0, 0.1) is 0 Å². The van der Waals surface area contributed by atoms with E-state index in [9.17, 15) is 42.3 Å². The lowest BCUT2D eigenvalue weighted by Crippen LogP contribution is -2.57. The summed E-state index contributed by atoms with van der Waals surface area (Å²) in [5, 5.41) is 27.4. The van der Waals surface area contributed by atoms with E-state index in [1.54, 1.807) is 72.6 Å². The molecule has 66 heavy (non-hydrogen) atoms. The summed E-state index contributed by atoms with van der Waals surface area (Å²) in [6.45, 7) is 3.78. The van der Waals surface area contributed by atoms with Crippen molar-refractivity contribution in [2.45, 2.75) is 69.0 Å². The second-order valence-corrected chi connectivity index (χ2v) is 20.3. The van der Waals surface area contributed by atoms with Crippen LogP contribution in [0.1, 0.15) is 60.8 Å². The number of halogens is 1. The summed E-state index contributed by atoms with van der Waals surface area (Å²) in [4.78, 5) is 75.3. The molecule has 3 saturated heterocycles. The molecule has 22 heteroatoms. The predicted octanol–water partition coefficient (Wildman–Crippen LogP) is 5.34. The molecule has 4 amide bonds. The van der Waals surface area contributed by atoms with Crippen LogP contribution in [0.2, 0.25) is 5.02 Å². The highest BCUT2D eigenvalue weighted by Gasteiger charge is 2.42. The first-order valence-electron chi connectivity index (χ1n) is 20.9. The molecule has 0 bridgehead atoms. The number of hydrogen-bond acceptors (Lipinski definition) is 12. The van der Waals surface area contributed by atoms with Crippen molar-refractivity contribution in [1.82, 2.24) is 23.7 Å². The number of aryl methyl sites for hydroxylation is 1. The first kappa shape index (κ1) is 46.1. The number of imidazole rings is 1. The molecule has 1 unspecified atom stereocenters. The number of carboxylic acids is 2. The van der Waals surface area contributed by atoms with Gasteiger partial charge in [-0.1, -0.05) is 35.9 Å². The van der Waals surface area contributed by atoms with E-state index in [2.05, 4.69) is 16.0 Å². The van der Waals surface area contributed by atoms with Crippen molar-refractivity contribution >= 4 is 85.2 Å². The Kier molecular flexibility index (Phi) is 12.7. The van der Waals surface area contributed by atoms with Crippen LogP contribution in [-0.4, -0.2) is 111 Å². The van der Waals surface area contributed by atoms with Crippen LogP contribution in [-0.2, 0) is 37.2 Å². The molecule has 0 saturated carbocycles. The molecule has 2 aromatic heterocycles. The molecule has 5 N–H and O–H groups in total. The third-order valence-corrected chi connectivity index (χ3v) is 15.6. The average molecular weight is 964 g/mol. The summed E-state index contributed by atoms with van der Waals surface area (Å²) in [5.41, 5.74) is 2.13. The number of sulfonamides is 1. The van der Waals surface area contributed by atoms with E-state index in [0.29, 0.717) is 57.0 Å². The van der Waals surface area contributed by atoms with Gasteiger partial charge in [0.2, 0.25) is 21.8 Å². The van der Waals surface area contributed by atoms with Crippen LogP contribution in [0.25, 0.3) is 21.5 Å². The number of amides is 4. The monoisotopic (exact) mass is 963 g/mol. The Morgan fingerprint density at radius 1 is 0.970 bits per heavy atom. The fourth-order valence-electron chi connectivity index (χ4n) is 8.74. The fraction of sp³-hybridized carbons (Fsp3) is 0.364. The number of nitrogens with one attached hydrogen (secondary N) is 3. The lowest BCUT2D eigenvalue weighted by atomic mass is 9.89. The number of aromatic nitrogens is 2. The molecule has 3 aliphatic heterocycles. The highest BCUT2D eigenvalue weighted by atomic mass is 35.5. The van der Waals surface area contributed by atoms with Gasteiger partial charge in [0.25, 0.3) is 0 Å². The van der Waals surface area contributed by atoms with Gasteiger partial charge in [0, 0.05) is 49.0 Å². The van der Waals surface area contributed by atoms with Gasteiger partial charge >= 0.3 is 23.7 Å². The zero-order chi connectivity index (χ0) is 47.2. The number of nitrogens with zero attached hydrogens (tertiary/aromatic N) is 4. The fourth-order valence-corrected chi connectivity index (χ4v) is 12.1. The Morgan fingerprint density at radius 3 is 2.42 bits per heavy atom. The normalized spacial score (nSPS) is 18.9. The minimum absolute atomic E-state index is 0.00837. The van der Waals surface area contributed by atoms with Gasteiger partial charge in [0.1, 0.15) is 22.9 Å². The second-order valence-electron chi connectivity index (χ2n) is 17.1. The number of benzene rings is 3. The zero-order valence-corrected chi connectivity index (χ0v) is 38.3. The largest absolute Gasteiger partial charge is 0.487 e. The highest BCUT2D eigenvalue weighted by molar-refractivity contribution is 7.88. The van der Waals surface area contributed by atoms with E-state index in [4.69, 9.17) is 26.2 Å². The molecule has 8 rings (SSSR count). The van der Waals surface area contributed by atoms with Gasteiger partial charge in [-0.05, 0) is 80.6 Å². The van der Waals surface area contributed by atoms with E-state index in [-0.39, 0.29) is 78.0 Å². The molecule has 19 nitrogen and oxygen atoms in total. The van der Waals surface area contributed by atoms with Gasteiger partial charge in [-0.25, -0.2) is 27.6 Å². The van der Waals surface area contributed by atoms with Gasteiger partial charge in [0.05, 0.1) is 34.8 Å². The van der Waals surface area contributed by atoms with Crippen molar-refractivity contribution in [2.24, 2.45) is 7.05 Å². The van der Waals surface area contributed by atoms with Crippen LogP contribution < -0.4 is 31.1 Å². The number of aromatic carboxylic acids is 1. The number of hydrogen-bond donors (Lipinski definition) is 5. The number of imide groups is 1. The summed E-state index contributed by atoms with van der Waals surface area (Å²) < 4.78 is 43.6. The molecule has 5 heterocycles. The number of carbonyl (C=O) groups excluding carboxylic acids is 3. The SMILES string of the molecule is Cn1c(=O)n(C2CCC(=O)NC2=O)c2ccc(OC3CN(C(=O)Nc4cccc(CS(=O)(=O)N5CC[C@H](Nc6cccc(-c7sc(C(=O)O)c(OCC(=O)O)c7Cl)c6)CC5(C)C)c4)C3)cc21. The Labute approximate surface area is 386 Å². The van der Waals surface area contributed by atoms with Gasteiger partial charge in [0.15, 0.2) is 17.2 Å². The summed E-state index contributed by atoms with van der Waals surface area (Å²) in [6, 6.07) is 17.6. The molecular formula is C44H46ClN7O12S2. The summed E-state index contributed by atoms with van der Waals surface area (Å²) >= 11 is 7.38. The molecule has 3 fully saturated rings. The number of carboxylic acid groups (broad SMARTS) is 2. The summed E-state index contributed by atoms with van der Waals surface area (Å²) in [7, 11) is -2.23. The molecule has 0 spiro atoms. The van der Waals surface area contributed by atoms with Crippen molar-refractivity contribution in [2.75, 3.05) is 36.9 Å². The number of aliphatic carboxylic acids is 1. The van der Waals surface area contributed by atoms with Gasteiger partial charge < -0.3 is 35.2 Å². The molecule has 5 aromatic rings. The van der Waals surface area contributed by atoms with Gasteiger partial charge in [-0.3, -0.25) is 24.0 Å². The van der Waals surface area contributed by atoms with Crippen LogP contribution in [0.3, 0.4) is 0 Å². The van der Waals surface area contributed by atoms with Crippen molar-refractivity contribution in [3.8, 4) is 21.9 Å². The number of fused-ring (bicyclic) bond motifs is 1. The van der Waals surface area contributed by atoms with Gasteiger partial charge in [-0.15, -0.1) is 11.3 Å². The topological polar surface area (TPSA) is 248 Å². The van der Waals surface area contributed by atoms with Crippen LogP contribution >= 0.6 is 22.9 Å². The number of piperidine rings is 2. The van der Waals surface area contributed by atoms with E-state index in [1.165, 1.54) is 13.4 Å². The summed E-state index contributed by atoms with van der Waals surface area (Å²) in [5.74, 6) is -3.49. The minimum Gasteiger partial charge on any atom is -0.487 e. The molecule has 0 radical (unpaired) electrons. The highest BCUT2D eigenvalue weighted by Crippen LogP contribution is 2.46. The smallest absolute Gasteiger partial charge is 0.349 e. The van der Waals surface area contributed by atoms with Crippen molar-refractivity contribution < 1.29 is 52.1 Å². The van der Waals surface area contributed by atoms with E-state index < -0.39 is 51.7 Å². The zero-order valence-electron chi connectivity index (χ0n) is 35.9. The van der Waals surface area contributed by atoms with Crippen LogP contribution in [0.15, 0.2) is 71.5 Å². The molecule has 348 valence electrons. The first-order chi connectivity index (χ1) is 31.3. The summed E-state index contributed by atoms with van der Waals surface area (Å²) in [6.07, 6.45) is 0.989. The lowest BCUT2D eigenvalue weighted by molar-refractivity contribution is -0.139. The third-order valence-electron chi connectivity index (χ3n) is 11.8. The first-order valence-corrected chi connectivity index (χ1v) is 23.7. The van der Waals surface area contributed by atoms with Crippen LogP contribution in [0.4, 0.5) is 16.2 Å². The third kappa shape index (κ3) is 9.46. The molecule has 2 atom stereocenters. The quantitative estimate of drug-likeness (QED) is 0.0884. The second kappa shape index (κ2) is 18.1. The number of urea groups is 1. The maximum Gasteiger partial charge on any atom is 0.349 e. The number of rotatable bonds is 14. The minimum atomic E-state index is -3.82. The number of carbonyl (C=O) groups is 5. The number of anilines is 2. The molecular weight excluding hydrogens is 918 g/mol. The van der Waals surface area contributed by atoms with Crippen molar-refractivity contribution in [3.63, 3.8) is 0 Å². The Hall–Kier alpha value is -6.42. The molecule has 0 aliphatic carbocycles. The van der Waals surface area contributed by atoms with Crippen molar-refractivity contribution in [3.05, 3.63) is 92.7 Å². The lowest BCUT2D eigenvalue weighted by Gasteiger charge is -2.45. The maximum atomic E-state index is 14.0. The average Bonchev–Trinajstić information content (AvgIpc) is 3.69. The number of ether oxygens (including phenoxy) is 2.